The number of hydrogen-bond donors (Lipinski definition) is 2. The van der Waals surface area contributed by atoms with Crippen LogP contribution in [0.1, 0.15) is 27.2 Å². The minimum absolute atomic E-state index is 0.0710. The molecule has 2 rings (SSSR count). The summed E-state index contributed by atoms with van der Waals surface area (Å²) in [6, 6.07) is -0.0271. The van der Waals surface area contributed by atoms with Gasteiger partial charge in [0.15, 0.2) is 0 Å². The highest BCUT2D eigenvalue weighted by atomic mass is 16.5. The summed E-state index contributed by atoms with van der Waals surface area (Å²) in [5.41, 5.74) is -0.627. The smallest absolute Gasteiger partial charge is 0.329 e. The summed E-state index contributed by atoms with van der Waals surface area (Å²) in [6.07, 6.45) is 0.985. The van der Waals surface area contributed by atoms with Gasteiger partial charge in [0.2, 0.25) is 0 Å². The Kier molecular flexibility index (Phi) is 4.17. The lowest BCUT2D eigenvalue weighted by molar-refractivity contribution is -0.160. The second-order valence-electron chi connectivity index (χ2n) is 6.77. The standard InChI is InChI=1S/C14H24N2O5/c1-13(2)9(5-10(13)20-4)15-12(19)16-7-14(3,8-16)21-6-11(17)18/h9-10H,5-8H2,1-4H3,(H,15,19)(H,17,18). The van der Waals surface area contributed by atoms with Gasteiger partial charge in [-0.1, -0.05) is 13.8 Å². The molecule has 1 saturated carbocycles. The van der Waals surface area contributed by atoms with Crippen LogP contribution in [0.25, 0.3) is 0 Å². The number of rotatable bonds is 5. The summed E-state index contributed by atoms with van der Waals surface area (Å²) in [7, 11) is 1.69. The zero-order valence-electron chi connectivity index (χ0n) is 13.0. The van der Waals surface area contributed by atoms with Crippen molar-refractivity contribution in [3.05, 3.63) is 0 Å². The van der Waals surface area contributed by atoms with Crippen molar-refractivity contribution in [3.8, 4) is 0 Å². The van der Waals surface area contributed by atoms with Crippen molar-refractivity contribution < 1.29 is 24.2 Å². The monoisotopic (exact) mass is 300 g/mol. The molecule has 0 aromatic carbocycles. The number of aliphatic carboxylic acids is 1. The molecule has 2 unspecified atom stereocenters. The first kappa shape index (κ1) is 16.0. The fraction of sp³-hybridized carbons (Fsp3) is 0.857. The predicted octanol–water partition coefficient (Wildman–Crippen LogP) is 0.685. The molecule has 7 nitrogen and oxygen atoms in total. The number of methoxy groups -OCH3 is 1. The van der Waals surface area contributed by atoms with Crippen LogP contribution < -0.4 is 5.32 Å². The Labute approximate surface area is 124 Å². The quantitative estimate of drug-likeness (QED) is 0.779. The Bertz CT molecular complexity index is 431. The molecular weight excluding hydrogens is 276 g/mol. The summed E-state index contributed by atoms with van der Waals surface area (Å²) in [5.74, 6) is -0.999. The first-order chi connectivity index (χ1) is 9.68. The van der Waals surface area contributed by atoms with Gasteiger partial charge in [-0.15, -0.1) is 0 Å². The largest absolute Gasteiger partial charge is 0.480 e. The van der Waals surface area contributed by atoms with Crippen molar-refractivity contribution >= 4 is 12.0 Å². The maximum absolute atomic E-state index is 12.1. The molecule has 2 aliphatic rings. The van der Waals surface area contributed by atoms with Crippen molar-refractivity contribution in [3.63, 3.8) is 0 Å². The number of nitrogens with one attached hydrogen (secondary N) is 1. The van der Waals surface area contributed by atoms with Gasteiger partial charge in [0.05, 0.1) is 19.2 Å². The number of ether oxygens (including phenoxy) is 2. The van der Waals surface area contributed by atoms with Gasteiger partial charge in [0, 0.05) is 18.6 Å². The first-order valence-corrected chi connectivity index (χ1v) is 7.12. The molecule has 0 aromatic heterocycles. The van der Waals surface area contributed by atoms with E-state index in [1.54, 1.807) is 12.0 Å². The second-order valence-corrected chi connectivity index (χ2v) is 6.77. The average molecular weight is 300 g/mol. The minimum atomic E-state index is -0.999. The van der Waals surface area contributed by atoms with Crippen LogP contribution in [0.4, 0.5) is 4.79 Å². The van der Waals surface area contributed by atoms with E-state index in [2.05, 4.69) is 19.2 Å². The number of carbonyl (C=O) groups is 2. The van der Waals surface area contributed by atoms with Crippen molar-refractivity contribution in [2.24, 2.45) is 5.41 Å². The number of hydrogen-bond acceptors (Lipinski definition) is 4. The molecule has 1 saturated heterocycles. The number of amides is 2. The summed E-state index contributed by atoms with van der Waals surface area (Å²) < 4.78 is 10.6. The van der Waals surface area contributed by atoms with Crippen molar-refractivity contribution in [2.75, 3.05) is 26.8 Å². The van der Waals surface area contributed by atoms with Gasteiger partial charge in [0.25, 0.3) is 0 Å². The molecule has 120 valence electrons. The van der Waals surface area contributed by atoms with Crippen LogP contribution in [0.15, 0.2) is 0 Å². The summed E-state index contributed by atoms with van der Waals surface area (Å²) >= 11 is 0. The molecule has 1 aliphatic carbocycles. The van der Waals surface area contributed by atoms with Crippen molar-refractivity contribution in [1.29, 1.82) is 0 Å². The van der Waals surface area contributed by atoms with Crippen LogP contribution >= 0.6 is 0 Å². The van der Waals surface area contributed by atoms with Gasteiger partial charge in [-0.05, 0) is 13.3 Å². The molecular formula is C14H24N2O5. The number of carbonyl (C=O) groups excluding carboxylic acids is 1. The Hall–Kier alpha value is -1.34. The molecule has 1 aliphatic heterocycles. The lowest BCUT2D eigenvalue weighted by Crippen LogP contribution is -2.69. The minimum Gasteiger partial charge on any atom is -0.480 e. The normalized spacial score (nSPS) is 29.2. The van der Waals surface area contributed by atoms with Crippen LogP contribution in [-0.4, -0.2) is 66.6 Å². The molecule has 21 heavy (non-hydrogen) atoms. The third kappa shape index (κ3) is 3.13. The number of likely N-dealkylation sites (tertiary alicyclic amines) is 1. The molecule has 0 bridgehead atoms. The predicted molar refractivity (Wildman–Crippen MR) is 75.1 cm³/mol. The SMILES string of the molecule is COC1CC(NC(=O)N2CC(C)(OCC(=O)O)C2)C1(C)C. The summed E-state index contributed by atoms with van der Waals surface area (Å²) in [6.45, 7) is 6.45. The van der Waals surface area contributed by atoms with E-state index < -0.39 is 11.6 Å². The third-order valence-electron chi connectivity index (χ3n) is 4.64. The fourth-order valence-corrected chi connectivity index (χ4v) is 3.00. The topological polar surface area (TPSA) is 88.1 Å². The van der Waals surface area contributed by atoms with E-state index in [1.807, 2.05) is 6.92 Å². The Morgan fingerprint density at radius 1 is 1.33 bits per heavy atom. The summed E-state index contributed by atoms with van der Waals surface area (Å²) in [5, 5.41) is 11.6. The average Bonchev–Trinajstić information content (AvgIpc) is 2.37. The van der Waals surface area contributed by atoms with E-state index in [0.29, 0.717) is 13.1 Å². The van der Waals surface area contributed by atoms with Crippen molar-refractivity contribution in [1.82, 2.24) is 10.2 Å². The maximum atomic E-state index is 12.1. The lowest BCUT2D eigenvalue weighted by atomic mass is 9.64. The van der Waals surface area contributed by atoms with Gasteiger partial charge in [-0.2, -0.15) is 0 Å². The number of nitrogens with zero attached hydrogens (tertiary/aromatic N) is 1. The molecule has 2 atom stereocenters. The molecule has 2 fully saturated rings. The van der Waals surface area contributed by atoms with Crippen LogP contribution in [0.2, 0.25) is 0 Å². The van der Waals surface area contributed by atoms with E-state index in [-0.39, 0.29) is 30.2 Å². The van der Waals surface area contributed by atoms with Crippen LogP contribution in [-0.2, 0) is 14.3 Å². The number of carboxylic acids is 1. The Balaban J connectivity index is 1.76. The Morgan fingerprint density at radius 3 is 2.43 bits per heavy atom. The third-order valence-corrected chi connectivity index (χ3v) is 4.64. The first-order valence-electron chi connectivity index (χ1n) is 7.12. The molecule has 0 spiro atoms. The lowest BCUT2D eigenvalue weighted by Gasteiger charge is -2.53. The highest BCUT2D eigenvalue weighted by Gasteiger charge is 2.51. The van der Waals surface area contributed by atoms with Gasteiger partial charge in [0.1, 0.15) is 12.2 Å². The Morgan fingerprint density at radius 2 is 1.95 bits per heavy atom. The van der Waals surface area contributed by atoms with Crippen LogP contribution in [0, 0.1) is 5.41 Å². The molecule has 2 amide bonds. The number of urea groups is 1. The maximum Gasteiger partial charge on any atom is 0.329 e. The van der Waals surface area contributed by atoms with Crippen LogP contribution in [0.5, 0.6) is 0 Å². The van der Waals surface area contributed by atoms with Gasteiger partial charge >= 0.3 is 12.0 Å². The molecule has 0 aromatic rings. The highest BCUT2D eigenvalue weighted by Crippen LogP contribution is 2.42. The molecule has 1 heterocycles. The van der Waals surface area contributed by atoms with E-state index in [4.69, 9.17) is 14.6 Å². The zero-order chi connectivity index (χ0) is 15.8. The van der Waals surface area contributed by atoms with E-state index >= 15 is 0 Å². The van der Waals surface area contributed by atoms with Crippen LogP contribution in [0.3, 0.4) is 0 Å². The van der Waals surface area contributed by atoms with Gasteiger partial charge in [-0.3, -0.25) is 0 Å². The molecule has 2 N–H and O–H groups in total. The van der Waals surface area contributed by atoms with Crippen molar-refractivity contribution in [2.45, 2.75) is 44.9 Å². The summed E-state index contributed by atoms with van der Waals surface area (Å²) in [4.78, 5) is 24.3. The highest BCUT2D eigenvalue weighted by molar-refractivity contribution is 5.76. The fourth-order valence-electron chi connectivity index (χ4n) is 3.00. The van der Waals surface area contributed by atoms with E-state index in [9.17, 15) is 9.59 Å². The number of carboxylic acid groups (broad SMARTS) is 1. The molecule has 0 radical (unpaired) electrons. The van der Waals surface area contributed by atoms with Gasteiger partial charge < -0.3 is 24.8 Å². The zero-order valence-corrected chi connectivity index (χ0v) is 13.0. The second kappa shape index (κ2) is 5.46. The molecule has 7 heteroatoms. The van der Waals surface area contributed by atoms with Gasteiger partial charge in [-0.25, -0.2) is 9.59 Å². The van der Waals surface area contributed by atoms with E-state index in [1.165, 1.54) is 0 Å². The van der Waals surface area contributed by atoms with E-state index in [0.717, 1.165) is 6.42 Å².